The molecule has 0 fully saturated rings. The van der Waals surface area contributed by atoms with Crippen molar-refractivity contribution in [2.75, 3.05) is 23.7 Å². The average molecular weight is 392 g/mol. The first-order valence-electron chi connectivity index (χ1n) is 5.87. The Hall–Kier alpha value is -0.880. The molecule has 104 valence electrons. The van der Waals surface area contributed by atoms with Crippen LogP contribution in [0.1, 0.15) is 5.56 Å². The van der Waals surface area contributed by atoms with E-state index in [0.29, 0.717) is 19.6 Å². The molecule has 0 saturated carbocycles. The van der Waals surface area contributed by atoms with E-state index in [9.17, 15) is 9.59 Å². The van der Waals surface area contributed by atoms with Crippen LogP contribution >= 0.6 is 31.9 Å². The van der Waals surface area contributed by atoms with Crippen LogP contribution in [0.4, 0.5) is 0 Å². The van der Waals surface area contributed by atoms with Crippen LogP contribution in [0.3, 0.4) is 0 Å². The molecule has 2 amide bonds. The summed E-state index contributed by atoms with van der Waals surface area (Å²) in [5.74, 6) is -0.0668. The van der Waals surface area contributed by atoms with Crippen LogP contribution in [0.2, 0.25) is 0 Å². The minimum atomic E-state index is -0.0778. The van der Waals surface area contributed by atoms with Crippen molar-refractivity contribution in [3.63, 3.8) is 0 Å². The highest BCUT2D eigenvalue weighted by atomic mass is 79.9. The van der Waals surface area contributed by atoms with Gasteiger partial charge in [-0.15, -0.1) is 0 Å². The number of nitrogens with zero attached hydrogens (tertiary/aromatic N) is 1. The third-order valence-corrected chi connectivity index (χ3v) is 3.50. The summed E-state index contributed by atoms with van der Waals surface area (Å²) in [7, 11) is 0. The van der Waals surface area contributed by atoms with E-state index in [1.54, 1.807) is 4.90 Å². The lowest BCUT2D eigenvalue weighted by Gasteiger charge is -2.22. The Balaban J connectivity index is 2.53. The summed E-state index contributed by atoms with van der Waals surface area (Å²) in [6, 6.07) is 9.78. The van der Waals surface area contributed by atoms with Crippen LogP contribution in [0, 0.1) is 0 Å². The summed E-state index contributed by atoms with van der Waals surface area (Å²) in [4.78, 5) is 24.7. The van der Waals surface area contributed by atoms with Crippen LogP contribution in [-0.4, -0.2) is 40.5 Å². The van der Waals surface area contributed by atoms with Crippen molar-refractivity contribution in [1.82, 2.24) is 10.2 Å². The third kappa shape index (κ3) is 6.20. The molecular formula is C13H16Br2N2O2. The summed E-state index contributed by atoms with van der Waals surface area (Å²) in [6.07, 6.45) is 0. The van der Waals surface area contributed by atoms with E-state index in [1.807, 2.05) is 30.3 Å². The van der Waals surface area contributed by atoms with Crippen molar-refractivity contribution in [3.8, 4) is 0 Å². The molecular weight excluding hydrogens is 376 g/mol. The van der Waals surface area contributed by atoms with Crippen molar-refractivity contribution < 1.29 is 9.59 Å². The molecule has 19 heavy (non-hydrogen) atoms. The fourth-order valence-corrected chi connectivity index (χ4v) is 2.11. The normalized spacial score (nSPS) is 10.0. The number of benzene rings is 1. The Morgan fingerprint density at radius 1 is 1.11 bits per heavy atom. The molecule has 6 heteroatoms. The summed E-state index contributed by atoms with van der Waals surface area (Å²) >= 11 is 6.26. The number of halogens is 2. The largest absolute Gasteiger partial charge is 0.354 e. The molecule has 0 bridgehead atoms. The highest BCUT2D eigenvalue weighted by Crippen LogP contribution is 2.05. The molecule has 0 radical (unpaired) electrons. The van der Waals surface area contributed by atoms with Gasteiger partial charge in [0.15, 0.2) is 0 Å². The molecule has 0 aliphatic heterocycles. The lowest BCUT2D eigenvalue weighted by Crippen LogP contribution is -2.39. The molecule has 0 unspecified atom stereocenters. The maximum Gasteiger partial charge on any atom is 0.233 e. The summed E-state index contributed by atoms with van der Waals surface area (Å²) in [5, 5.41) is 3.29. The third-order valence-electron chi connectivity index (χ3n) is 2.51. The highest BCUT2D eigenvalue weighted by Gasteiger charge is 2.12. The van der Waals surface area contributed by atoms with Crippen molar-refractivity contribution in [2.45, 2.75) is 6.54 Å². The second-order valence-electron chi connectivity index (χ2n) is 3.92. The first kappa shape index (κ1) is 16.2. The zero-order chi connectivity index (χ0) is 14.1. The highest BCUT2D eigenvalue weighted by molar-refractivity contribution is 9.09. The van der Waals surface area contributed by atoms with Crippen LogP contribution in [0.25, 0.3) is 0 Å². The van der Waals surface area contributed by atoms with E-state index in [4.69, 9.17) is 0 Å². The number of carbonyl (C=O) groups is 2. The molecule has 0 aromatic heterocycles. The lowest BCUT2D eigenvalue weighted by atomic mass is 10.2. The second-order valence-corrected chi connectivity index (χ2v) is 5.04. The fraction of sp³-hybridized carbons (Fsp3) is 0.385. The SMILES string of the molecule is O=C(CBr)NCCN(Cc1ccccc1)C(=O)CBr. The molecule has 1 N–H and O–H groups in total. The average Bonchev–Trinajstić information content (AvgIpc) is 2.46. The second kappa shape index (κ2) is 9.09. The van der Waals surface area contributed by atoms with E-state index in [0.717, 1.165) is 5.56 Å². The maximum absolute atomic E-state index is 11.8. The molecule has 0 aliphatic carbocycles. The lowest BCUT2D eigenvalue weighted by molar-refractivity contribution is -0.129. The maximum atomic E-state index is 11.8. The monoisotopic (exact) mass is 390 g/mol. The van der Waals surface area contributed by atoms with E-state index in [1.165, 1.54) is 0 Å². The van der Waals surface area contributed by atoms with Crippen molar-refractivity contribution >= 4 is 43.7 Å². The van der Waals surface area contributed by atoms with E-state index >= 15 is 0 Å². The van der Waals surface area contributed by atoms with E-state index < -0.39 is 0 Å². The molecule has 0 heterocycles. The number of nitrogens with one attached hydrogen (secondary N) is 1. The van der Waals surface area contributed by atoms with Gasteiger partial charge in [0.1, 0.15) is 0 Å². The Morgan fingerprint density at radius 2 is 1.79 bits per heavy atom. The van der Waals surface area contributed by atoms with Gasteiger partial charge in [-0.3, -0.25) is 9.59 Å². The molecule has 1 rings (SSSR count). The first-order valence-corrected chi connectivity index (χ1v) is 8.12. The molecule has 0 saturated heterocycles. The van der Waals surface area contributed by atoms with Gasteiger partial charge in [-0.2, -0.15) is 0 Å². The number of rotatable bonds is 7. The van der Waals surface area contributed by atoms with Gasteiger partial charge in [0.05, 0.1) is 10.7 Å². The summed E-state index contributed by atoms with van der Waals surface area (Å²) in [6.45, 7) is 1.50. The Labute approximate surface area is 129 Å². The first-order chi connectivity index (χ1) is 9.17. The number of carbonyl (C=O) groups excluding carboxylic acids is 2. The molecule has 1 aromatic rings. The number of amides is 2. The number of hydrogen-bond donors (Lipinski definition) is 1. The standard InChI is InChI=1S/C13H16Br2N2O2/c14-8-12(18)16-6-7-17(13(19)9-15)10-11-4-2-1-3-5-11/h1-5H,6-10H2,(H,16,18). The molecule has 0 atom stereocenters. The Bertz CT molecular complexity index is 412. The predicted octanol–water partition coefficient (Wildman–Crippen LogP) is 1.92. The number of alkyl halides is 2. The van der Waals surface area contributed by atoms with Gasteiger partial charge in [0.25, 0.3) is 0 Å². The van der Waals surface area contributed by atoms with Crippen molar-refractivity contribution in [2.24, 2.45) is 0 Å². The zero-order valence-electron chi connectivity index (χ0n) is 10.4. The molecule has 0 aliphatic rings. The fourth-order valence-electron chi connectivity index (χ4n) is 1.56. The minimum Gasteiger partial charge on any atom is -0.354 e. The summed E-state index contributed by atoms with van der Waals surface area (Å²) in [5.41, 5.74) is 1.07. The quantitative estimate of drug-likeness (QED) is 0.722. The van der Waals surface area contributed by atoms with E-state index in [2.05, 4.69) is 37.2 Å². The van der Waals surface area contributed by atoms with Gasteiger partial charge in [-0.1, -0.05) is 62.2 Å². The minimum absolute atomic E-state index is 0.0111. The topological polar surface area (TPSA) is 49.4 Å². The van der Waals surface area contributed by atoms with Crippen LogP contribution in [-0.2, 0) is 16.1 Å². The summed E-state index contributed by atoms with van der Waals surface area (Å²) < 4.78 is 0. The molecule has 4 nitrogen and oxygen atoms in total. The Morgan fingerprint density at radius 3 is 2.37 bits per heavy atom. The van der Waals surface area contributed by atoms with Gasteiger partial charge in [0, 0.05) is 19.6 Å². The van der Waals surface area contributed by atoms with Crippen LogP contribution < -0.4 is 5.32 Å². The predicted molar refractivity (Wildman–Crippen MR) is 82.5 cm³/mol. The van der Waals surface area contributed by atoms with Gasteiger partial charge in [0.2, 0.25) is 11.8 Å². The molecule has 0 spiro atoms. The van der Waals surface area contributed by atoms with E-state index in [-0.39, 0.29) is 22.5 Å². The van der Waals surface area contributed by atoms with Gasteiger partial charge in [-0.05, 0) is 5.56 Å². The Kier molecular flexibility index (Phi) is 7.74. The zero-order valence-corrected chi connectivity index (χ0v) is 13.6. The van der Waals surface area contributed by atoms with Gasteiger partial charge in [-0.25, -0.2) is 0 Å². The number of hydrogen-bond acceptors (Lipinski definition) is 2. The smallest absolute Gasteiger partial charge is 0.233 e. The van der Waals surface area contributed by atoms with Gasteiger partial charge >= 0.3 is 0 Å². The molecule has 1 aromatic carbocycles. The van der Waals surface area contributed by atoms with Crippen molar-refractivity contribution in [1.29, 1.82) is 0 Å². The van der Waals surface area contributed by atoms with Crippen LogP contribution in [0.5, 0.6) is 0 Å². The van der Waals surface area contributed by atoms with Gasteiger partial charge < -0.3 is 10.2 Å². The van der Waals surface area contributed by atoms with Crippen LogP contribution in [0.15, 0.2) is 30.3 Å². The van der Waals surface area contributed by atoms with Crippen molar-refractivity contribution in [3.05, 3.63) is 35.9 Å².